The second-order valence-corrected chi connectivity index (χ2v) is 26.4. The van der Waals surface area contributed by atoms with Gasteiger partial charge in [0.25, 0.3) is 0 Å². The van der Waals surface area contributed by atoms with Crippen molar-refractivity contribution in [3.8, 4) is 0 Å². The number of H-pyrrole nitrogens is 3. The van der Waals surface area contributed by atoms with Crippen molar-refractivity contribution < 1.29 is 66.6 Å². The maximum Gasteiger partial charge on any atom is 0.305 e. The summed E-state index contributed by atoms with van der Waals surface area (Å²) < 4.78 is 29.8. The molecule has 4 aromatic carbocycles. The molecule has 7 aromatic rings. The molecule has 2 bridgehead atoms. The van der Waals surface area contributed by atoms with Gasteiger partial charge in [-0.3, -0.25) is 52.7 Å². The number of aliphatic carboxylic acids is 1. The van der Waals surface area contributed by atoms with Gasteiger partial charge in [-0.05, 0) is 103 Å². The Morgan fingerprint density at radius 1 is 0.606 bits per heavy atom. The van der Waals surface area contributed by atoms with Gasteiger partial charge in [0.05, 0.1) is 25.0 Å². The van der Waals surface area contributed by atoms with Crippen LogP contribution in [0.25, 0.3) is 21.8 Å². The van der Waals surface area contributed by atoms with Gasteiger partial charge >= 0.3 is 5.97 Å². The number of imidazole rings is 1. The lowest BCUT2D eigenvalue weighted by Gasteiger charge is -2.31. The highest BCUT2D eigenvalue weighted by atomic mass is 32.2. The number of fused-ring (bicyclic) bond motifs is 5. The number of rotatable bonds is 15. The summed E-state index contributed by atoms with van der Waals surface area (Å²) in [6, 6.07) is 12.1. The first-order valence-corrected chi connectivity index (χ1v) is 34.6. The zero-order chi connectivity index (χ0) is 70.5. The summed E-state index contributed by atoms with van der Waals surface area (Å²) in [7, 11) is 0. The smallest absolute Gasteiger partial charge is 0.305 e. The first kappa shape index (κ1) is 73.1. The van der Waals surface area contributed by atoms with Crippen LogP contribution >= 0.6 is 23.5 Å². The molecule has 31 heteroatoms. The lowest BCUT2D eigenvalue weighted by molar-refractivity contribution is -0.143. The third-order valence-corrected chi connectivity index (χ3v) is 19.0. The Hall–Kier alpha value is -10.1. The molecular formula is C68H79F2N15O12S2. The zero-order valence-electron chi connectivity index (χ0n) is 53.9. The van der Waals surface area contributed by atoms with Crippen molar-refractivity contribution in [3.05, 3.63) is 161 Å². The number of primary amides is 1. The van der Waals surface area contributed by atoms with E-state index in [9.17, 15) is 57.0 Å². The van der Waals surface area contributed by atoms with Crippen molar-refractivity contribution in [1.29, 1.82) is 0 Å². The number of nitrogens with two attached hydrogens (primary N) is 2. The topological polar surface area (TPSA) is 420 Å². The number of thioether (sulfide) groups is 2. The predicted molar refractivity (Wildman–Crippen MR) is 365 cm³/mol. The van der Waals surface area contributed by atoms with Crippen LogP contribution in [0.2, 0.25) is 0 Å². The highest BCUT2D eigenvalue weighted by Crippen LogP contribution is 2.26. The molecule has 99 heavy (non-hydrogen) atoms. The highest BCUT2D eigenvalue weighted by molar-refractivity contribution is 7.98. The maximum atomic E-state index is 15.0. The molecule has 16 N–H and O–H groups in total. The molecule has 0 radical (unpaired) electrons. The minimum atomic E-state index is -2.02. The zero-order valence-corrected chi connectivity index (χ0v) is 55.5. The van der Waals surface area contributed by atoms with E-state index in [1.54, 1.807) is 30.3 Å². The van der Waals surface area contributed by atoms with Gasteiger partial charge in [-0.2, -0.15) is 23.5 Å². The van der Waals surface area contributed by atoms with Crippen LogP contribution in [0.4, 0.5) is 8.78 Å². The maximum absolute atomic E-state index is 15.0. The summed E-state index contributed by atoms with van der Waals surface area (Å²) in [6.07, 6.45) is 4.90. The first-order valence-electron chi connectivity index (χ1n) is 32.3. The Labute approximate surface area is 575 Å². The molecule has 2 aliphatic heterocycles. The van der Waals surface area contributed by atoms with Crippen molar-refractivity contribution in [1.82, 2.24) is 67.4 Å². The van der Waals surface area contributed by atoms with Crippen LogP contribution in [-0.4, -0.2) is 174 Å². The van der Waals surface area contributed by atoms with Crippen molar-refractivity contribution >= 4 is 110 Å². The number of hydrogen-bond acceptors (Lipinski definition) is 15. The number of carbonyl (C=O) groups is 11. The van der Waals surface area contributed by atoms with Gasteiger partial charge in [0.15, 0.2) is 0 Å². The third kappa shape index (κ3) is 20.9. The molecule has 0 unspecified atom stereocenters. The van der Waals surface area contributed by atoms with E-state index in [1.165, 1.54) is 89.7 Å². The summed E-state index contributed by atoms with van der Waals surface area (Å²) in [5.41, 5.74) is 15.7. The van der Waals surface area contributed by atoms with Crippen LogP contribution < -0.4 is 54.0 Å². The van der Waals surface area contributed by atoms with Crippen molar-refractivity contribution in [2.45, 2.75) is 130 Å². The molecule has 1 saturated heterocycles. The van der Waals surface area contributed by atoms with E-state index in [4.69, 9.17) is 11.5 Å². The minimum Gasteiger partial charge on any atom is -0.481 e. The summed E-state index contributed by atoms with van der Waals surface area (Å²) in [6.45, 7) is -0.356. The number of nitrogens with one attached hydrogen (secondary N) is 11. The molecular weight excluding hydrogens is 1320 g/mol. The summed E-state index contributed by atoms with van der Waals surface area (Å²) >= 11 is 2.81. The quantitative estimate of drug-likeness (QED) is 0.0654. The van der Waals surface area contributed by atoms with E-state index in [0.29, 0.717) is 70.6 Å². The van der Waals surface area contributed by atoms with Gasteiger partial charge in [0, 0.05) is 102 Å². The number of carboxylic acids is 1. The third-order valence-electron chi connectivity index (χ3n) is 16.9. The lowest BCUT2D eigenvalue weighted by atomic mass is 10.0. The van der Waals surface area contributed by atoms with Crippen LogP contribution in [-0.2, 0) is 89.9 Å². The number of amides is 10. The molecule has 5 heterocycles. The second-order valence-electron chi connectivity index (χ2n) is 24.2. The van der Waals surface area contributed by atoms with Crippen LogP contribution in [0, 0.1) is 11.6 Å². The fourth-order valence-electron chi connectivity index (χ4n) is 11.8. The number of halogens is 2. The van der Waals surface area contributed by atoms with E-state index in [0.717, 1.165) is 11.1 Å². The van der Waals surface area contributed by atoms with Gasteiger partial charge in [0.1, 0.15) is 60.0 Å². The number of benzene rings is 4. The Balaban J connectivity index is 1.05. The standard InChI is InChI=1S/C68H79F2N15O12S2/c69-43-14-16-48-46(26-43)41(30-74-48)24-51-63(92)80-52(25-42-31-75-49-17-15-44(70)27-47(42)49)64(93)82-54(29-60(88)89)66(95)81-53(28-45-32-73-37-77-45)65(94)83-55(23-38-8-2-1-3-9-38)68(97)85-20-7-13-57(85)67(96)84-56(61(72)90)36-99-35-40-11-6-10-39(22-40)34-98-21-18-58(86)78-50(12-4-5-19-71)62(91)76-33-59(87)79-51/h1-3,6,8-11,14-17,22,26-27,30-32,37,50-57,74-75H,4-5,7,12-13,18-21,23-25,28-29,33-36,71H2,(H2,72,90)(H,73,77)(H,76,91)(H,78,86)(H,79,87)(H,80,92)(H,81,95)(H,82,93)(H,83,94)(H,84,96)(H,88,89)/t50-,51-,52-,53-,54-,55-,56-,57-/m0/s1. The molecule has 2 aliphatic rings. The average molecular weight is 1400 g/mol. The number of unbranched alkanes of at least 4 members (excludes halogenated alkanes) is 1. The molecule has 8 atom stereocenters. The molecule has 0 aliphatic carbocycles. The van der Waals surface area contributed by atoms with Gasteiger partial charge < -0.3 is 79.0 Å². The van der Waals surface area contributed by atoms with Crippen molar-refractivity contribution in [3.63, 3.8) is 0 Å². The van der Waals surface area contributed by atoms with Gasteiger partial charge in [-0.1, -0.05) is 54.6 Å². The van der Waals surface area contributed by atoms with Crippen molar-refractivity contribution in [2.24, 2.45) is 11.5 Å². The summed E-state index contributed by atoms with van der Waals surface area (Å²) in [5.74, 6) is -10.2. The monoisotopic (exact) mass is 1400 g/mol. The molecule has 0 saturated carbocycles. The minimum absolute atomic E-state index is 0.0183. The molecule has 9 rings (SSSR count). The van der Waals surface area contributed by atoms with Crippen LogP contribution in [0.5, 0.6) is 0 Å². The molecule has 3 aromatic heterocycles. The number of aromatic nitrogens is 4. The summed E-state index contributed by atoms with van der Waals surface area (Å²) in [5, 5.41) is 31.9. The fourth-order valence-corrected chi connectivity index (χ4v) is 13.7. The average Bonchev–Trinajstić information content (AvgIpc) is 1.75. The largest absolute Gasteiger partial charge is 0.481 e. The SMILES string of the molecule is NCCCC[C@@H]1NC(=O)CCSCc2cccc(c2)CSC[C@@H](C(N)=O)NC(=O)[C@@H]2CCCN2C(=O)[C@H](Cc2ccccc2)NC(=O)[C@H](Cc2c[nH]cn2)NC(=O)[C@H](CC(=O)O)NC(=O)[C@H](Cc2c[nH]c3ccc(F)cc23)NC(=O)[C@H](Cc2c[nH]c3ccc(F)cc23)NC(=O)CNC1=O. The summed E-state index contributed by atoms with van der Waals surface area (Å²) in [4.78, 5) is 170. The van der Waals surface area contributed by atoms with Crippen LogP contribution in [0.3, 0.4) is 0 Å². The molecule has 1 fully saturated rings. The Morgan fingerprint density at radius 3 is 1.82 bits per heavy atom. The molecule has 10 amide bonds. The Bertz CT molecular complexity index is 4050. The van der Waals surface area contributed by atoms with Crippen LogP contribution in [0.15, 0.2) is 116 Å². The van der Waals surface area contributed by atoms with Gasteiger partial charge in [-0.25, -0.2) is 13.8 Å². The molecule has 0 spiro atoms. The number of carbonyl (C=O) groups excluding carboxylic acids is 10. The number of carboxylic acid groups (broad SMARTS) is 1. The predicted octanol–water partition coefficient (Wildman–Crippen LogP) is 2.08. The van der Waals surface area contributed by atoms with Gasteiger partial charge in [0.2, 0.25) is 59.1 Å². The van der Waals surface area contributed by atoms with E-state index >= 15 is 9.59 Å². The normalized spacial score (nSPS) is 22.2. The lowest BCUT2D eigenvalue weighted by Crippen LogP contribution is -2.61. The second kappa shape index (κ2) is 35.4. The van der Waals surface area contributed by atoms with Gasteiger partial charge in [-0.15, -0.1) is 0 Å². The van der Waals surface area contributed by atoms with E-state index in [-0.39, 0.29) is 67.5 Å². The van der Waals surface area contributed by atoms with E-state index < -0.39 is 144 Å². The van der Waals surface area contributed by atoms with E-state index in [2.05, 4.69) is 62.5 Å². The van der Waals surface area contributed by atoms with Crippen LogP contribution in [0.1, 0.15) is 78.5 Å². The number of hydrogen-bond donors (Lipinski definition) is 14. The van der Waals surface area contributed by atoms with E-state index in [1.807, 2.05) is 24.3 Å². The fraction of sp³-hybridized carbons (Fsp3) is 0.382. The Morgan fingerprint density at radius 2 is 1.20 bits per heavy atom. The number of nitrogens with zero attached hydrogens (tertiary/aromatic N) is 2. The molecule has 27 nitrogen and oxygen atoms in total. The highest BCUT2D eigenvalue weighted by Gasteiger charge is 2.41. The van der Waals surface area contributed by atoms with Crippen molar-refractivity contribution in [2.75, 3.05) is 31.1 Å². The number of aromatic amines is 3. The molecule has 524 valence electrons. The Kier molecular flexibility index (Phi) is 26.1. The first-order chi connectivity index (χ1) is 47.7.